The first kappa shape index (κ1) is 22.5. The number of fused-ring (bicyclic) bond motifs is 1. The summed E-state index contributed by atoms with van der Waals surface area (Å²) in [6.45, 7) is 0. The van der Waals surface area contributed by atoms with Crippen molar-refractivity contribution in [3.8, 4) is 22.5 Å². The lowest BCUT2D eigenvalue weighted by atomic mass is 10.1. The van der Waals surface area contributed by atoms with Crippen LogP contribution in [0.2, 0.25) is 0 Å². The number of hydrogen-bond donors (Lipinski definition) is 3. The molecule has 0 aliphatic heterocycles. The predicted octanol–water partition coefficient (Wildman–Crippen LogP) is 5.87. The number of nitrogens with zero attached hydrogens (tertiary/aromatic N) is 4. The third kappa shape index (κ3) is 4.51. The Balaban J connectivity index is 1.43. The first-order chi connectivity index (χ1) is 17.6. The molecule has 0 unspecified atom stereocenters. The van der Waals surface area contributed by atoms with Crippen molar-refractivity contribution in [1.82, 2.24) is 19.6 Å². The Bertz CT molecular complexity index is 1400. The van der Waals surface area contributed by atoms with Crippen LogP contribution in [-0.4, -0.2) is 42.7 Å². The molecule has 3 N–H and O–H groups in total. The fraction of sp³-hybridized carbons (Fsp3) is 0.357. The molecule has 8 nitrogen and oxygen atoms in total. The normalized spacial score (nSPS) is 16.6. The third-order valence-corrected chi connectivity index (χ3v) is 7.35. The topological polar surface area (TPSA) is 104 Å². The minimum absolute atomic E-state index is 0.243. The zero-order chi connectivity index (χ0) is 24.5. The zero-order valence-electron chi connectivity index (χ0n) is 20.2. The van der Waals surface area contributed by atoms with Gasteiger partial charge < -0.3 is 15.7 Å². The van der Waals surface area contributed by atoms with Crippen LogP contribution in [0.15, 0.2) is 54.7 Å². The van der Waals surface area contributed by atoms with Crippen molar-refractivity contribution < 1.29 is 9.90 Å². The Morgan fingerprint density at radius 3 is 2.39 bits per heavy atom. The lowest BCUT2D eigenvalue weighted by molar-refractivity contribution is 0.0697. The second kappa shape index (κ2) is 9.60. The summed E-state index contributed by atoms with van der Waals surface area (Å²) in [6.07, 6.45) is 11.4. The van der Waals surface area contributed by atoms with Crippen molar-refractivity contribution in [3.05, 3.63) is 60.3 Å². The molecule has 3 heterocycles. The first-order valence-corrected chi connectivity index (χ1v) is 12.9. The van der Waals surface area contributed by atoms with Gasteiger partial charge >= 0.3 is 5.97 Å². The molecule has 36 heavy (non-hydrogen) atoms. The summed E-state index contributed by atoms with van der Waals surface area (Å²) in [6, 6.07) is 15.9. The molecule has 2 saturated carbocycles. The van der Waals surface area contributed by atoms with Gasteiger partial charge in [-0.25, -0.2) is 19.3 Å². The minimum Gasteiger partial charge on any atom is -0.478 e. The van der Waals surface area contributed by atoms with Crippen LogP contribution in [0.25, 0.3) is 28.0 Å². The average molecular weight is 483 g/mol. The summed E-state index contributed by atoms with van der Waals surface area (Å²) in [5.41, 5.74) is 4.43. The van der Waals surface area contributed by atoms with Crippen molar-refractivity contribution >= 4 is 23.3 Å². The van der Waals surface area contributed by atoms with E-state index in [0.29, 0.717) is 18.0 Å². The van der Waals surface area contributed by atoms with Crippen LogP contribution < -0.4 is 10.6 Å². The molecular formula is C28H30N6O2. The molecule has 4 aromatic rings. The van der Waals surface area contributed by atoms with Gasteiger partial charge in [0.1, 0.15) is 5.82 Å². The van der Waals surface area contributed by atoms with Crippen LogP contribution >= 0.6 is 0 Å². The molecule has 0 saturated heterocycles. The Morgan fingerprint density at radius 2 is 1.64 bits per heavy atom. The number of carboxylic acids is 1. The molecular weight excluding hydrogens is 452 g/mol. The third-order valence-electron chi connectivity index (χ3n) is 7.35. The van der Waals surface area contributed by atoms with E-state index >= 15 is 0 Å². The van der Waals surface area contributed by atoms with E-state index in [1.54, 1.807) is 24.4 Å². The summed E-state index contributed by atoms with van der Waals surface area (Å²) in [4.78, 5) is 20.9. The Labute approximate surface area is 209 Å². The van der Waals surface area contributed by atoms with E-state index in [1.807, 2.05) is 22.7 Å². The highest BCUT2D eigenvalue weighted by Crippen LogP contribution is 2.32. The molecule has 0 amide bonds. The summed E-state index contributed by atoms with van der Waals surface area (Å²) < 4.78 is 1.93. The van der Waals surface area contributed by atoms with Crippen LogP contribution in [-0.2, 0) is 0 Å². The molecule has 0 atom stereocenters. The van der Waals surface area contributed by atoms with Crippen molar-refractivity contribution in [2.45, 2.75) is 63.5 Å². The molecule has 3 aromatic heterocycles. The van der Waals surface area contributed by atoms with E-state index in [4.69, 9.17) is 10.1 Å². The molecule has 0 spiro atoms. The summed E-state index contributed by atoms with van der Waals surface area (Å²) in [5.74, 6) is 0.632. The number of aromatic carboxylic acids is 1. The number of nitrogens with one attached hydrogen (secondary N) is 2. The van der Waals surface area contributed by atoms with Gasteiger partial charge in [-0.15, -0.1) is 0 Å². The quantitative estimate of drug-likeness (QED) is 0.303. The van der Waals surface area contributed by atoms with Crippen LogP contribution in [0.3, 0.4) is 0 Å². The average Bonchev–Trinajstić information content (AvgIpc) is 3.67. The van der Waals surface area contributed by atoms with E-state index in [2.05, 4.69) is 27.8 Å². The standard InChI is InChI=1S/C28H30N6O2/c35-27(36)19-7-5-6-18(16-19)24-17-25-22(12-13-26(34(25)33-24)30-20-8-1-2-9-20)23-14-15-29-28(32-23)31-21-10-3-4-11-21/h5-7,12-17,20-21,30H,1-4,8-11H2,(H,35,36)(H,29,31,32). The Hall–Kier alpha value is -3.94. The fourth-order valence-corrected chi connectivity index (χ4v) is 5.46. The van der Waals surface area contributed by atoms with Gasteiger partial charge in [0.25, 0.3) is 0 Å². The van der Waals surface area contributed by atoms with Crippen molar-refractivity contribution in [1.29, 1.82) is 0 Å². The maximum absolute atomic E-state index is 11.5. The van der Waals surface area contributed by atoms with Crippen LogP contribution in [0.1, 0.15) is 61.7 Å². The highest BCUT2D eigenvalue weighted by molar-refractivity contribution is 5.90. The van der Waals surface area contributed by atoms with Gasteiger partial charge in [0, 0.05) is 29.4 Å². The van der Waals surface area contributed by atoms with Gasteiger partial charge in [0.15, 0.2) is 0 Å². The molecule has 0 bridgehead atoms. The fourth-order valence-electron chi connectivity index (χ4n) is 5.46. The van der Waals surface area contributed by atoms with Crippen molar-refractivity contribution in [2.24, 2.45) is 0 Å². The molecule has 2 aliphatic rings. The first-order valence-electron chi connectivity index (χ1n) is 12.9. The van der Waals surface area contributed by atoms with Crippen LogP contribution in [0.5, 0.6) is 0 Å². The largest absolute Gasteiger partial charge is 0.478 e. The van der Waals surface area contributed by atoms with E-state index in [9.17, 15) is 9.90 Å². The van der Waals surface area contributed by atoms with Crippen LogP contribution in [0.4, 0.5) is 11.8 Å². The highest BCUT2D eigenvalue weighted by Gasteiger charge is 2.20. The number of hydrogen-bond acceptors (Lipinski definition) is 6. The maximum Gasteiger partial charge on any atom is 0.335 e. The van der Waals surface area contributed by atoms with Gasteiger partial charge in [-0.2, -0.15) is 5.10 Å². The molecule has 2 fully saturated rings. The summed E-state index contributed by atoms with van der Waals surface area (Å²) in [7, 11) is 0. The van der Waals surface area contributed by atoms with Crippen molar-refractivity contribution in [3.63, 3.8) is 0 Å². The summed E-state index contributed by atoms with van der Waals surface area (Å²) in [5, 5.41) is 21.6. The molecule has 0 radical (unpaired) electrons. The van der Waals surface area contributed by atoms with Gasteiger partial charge in [-0.1, -0.05) is 37.8 Å². The number of carbonyl (C=O) groups is 1. The Kier molecular flexibility index (Phi) is 6.01. The van der Waals surface area contributed by atoms with Gasteiger partial charge in [0.05, 0.1) is 22.5 Å². The number of rotatable bonds is 7. The number of aromatic nitrogens is 4. The number of benzene rings is 1. The molecule has 1 aromatic carbocycles. The molecule has 8 heteroatoms. The van der Waals surface area contributed by atoms with Crippen LogP contribution in [0, 0.1) is 0 Å². The van der Waals surface area contributed by atoms with Gasteiger partial charge in [-0.05, 0) is 62.1 Å². The molecule has 2 aliphatic carbocycles. The molecule has 184 valence electrons. The van der Waals surface area contributed by atoms with E-state index in [0.717, 1.165) is 59.5 Å². The number of carboxylic acid groups (broad SMARTS) is 1. The molecule has 6 rings (SSSR count). The van der Waals surface area contributed by atoms with Crippen molar-refractivity contribution in [2.75, 3.05) is 10.6 Å². The summed E-state index contributed by atoms with van der Waals surface area (Å²) >= 11 is 0. The lowest BCUT2D eigenvalue weighted by Gasteiger charge is -2.16. The second-order valence-electron chi connectivity index (χ2n) is 9.86. The van der Waals surface area contributed by atoms with E-state index in [-0.39, 0.29) is 5.56 Å². The van der Waals surface area contributed by atoms with E-state index < -0.39 is 5.97 Å². The lowest BCUT2D eigenvalue weighted by Crippen LogP contribution is -2.17. The zero-order valence-corrected chi connectivity index (χ0v) is 20.2. The number of anilines is 2. The van der Waals surface area contributed by atoms with Gasteiger partial charge in [-0.3, -0.25) is 0 Å². The highest BCUT2D eigenvalue weighted by atomic mass is 16.4. The minimum atomic E-state index is -0.951. The SMILES string of the molecule is O=C(O)c1cccc(-c2cc3c(-c4ccnc(NC5CCCC5)n4)ccc(NC4CCCC4)n3n2)c1. The maximum atomic E-state index is 11.5. The van der Waals surface area contributed by atoms with E-state index in [1.165, 1.54) is 25.7 Å². The predicted molar refractivity (Wildman–Crippen MR) is 140 cm³/mol. The second-order valence-corrected chi connectivity index (χ2v) is 9.86. The monoisotopic (exact) mass is 482 g/mol. The number of pyridine rings is 1. The smallest absolute Gasteiger partial charge is 0.335 e. The Morgan fingerprint density at radius 1 is 0.889 bits per heavy atom. The van der Waals surface area contributed by atoms with Gasteiger partial charge in [0.2, 0.25) is 5.95 Å².